The summed E-state index contributed by atoms with van der Waals surface area (Å²) in [4.78, 5) is 4.56. The average molecular weight is 420 g/mol. The van der Waals surface area contributed by atoms with Crippen molar-refractivity contribution in [1.29, 1.82) is 0 Å². The van der Waals surface area contributed by atoms with Crippen LogP contribution in [0.5, 0.6) is 5.88 Å². The summed E-state index contributed by atoms with van der Waals surface area (Å²) in [5.74, 6) is 2.12. The zero-order valence-electron chi connectivity index (χ0n) is 16.0. The molecule has 0 bridgehead atoms. The first-order valence-corrected chi connectivity index (χ1v) is 10.5. The van der Waals surface area contributed by atoms with Crippen LogP contribution in [0.15, 0.2) is 70.2 Å². The first-order valence-electron chi connectivity index (χ1n) is 9.47. The fourth-order valence-corrected chi connectivity index (χ4v) is 3.73. The van der Waals surface area contributed by atoms with Gasteiger partial charge in [0.25, 0.3) is 0 Å². The number of furan rings is 1. The van der Waals surface area contributed by atoms with Crippen LogP contribution in [0.3, 0.4) is 0 Å². The van der Waals surface area contributed by atoms with Crippen molar-refractivity contribution < 1.29 is 13.5 Å². The Kier molecular flexibility index (Phi) is 4.84. The Morgan fingerprint density at radius 3 is 2.70 bits per heavy atom. The predicted molar refractivity (Wildman–Crippen MR) is 113 cm³/mol. The van der Waals surface area contributed by atoms with Crippen molar-refractivity contribution in [2.45, 2.75) is 18.3 Å². The molecular formula is C22H17FN4O2S. The molecular weight excluding hydrogens is 403 g/mol. The van der Waals surface area contributed by atoms with Crippen LogP contribution in [0.25, 0.3) is 22.6 Å². The van der Waals surface area contributed by atoms with Crippen molar-refractivity contribution in [3.63, 3.8) is 0 Å². The number of fused-ring (bicyclic) bond motifs is 3. The van der Waals surface area contributed by atoms with Crippen molar-refractivity contribution in [2.75, 3.05) is 11.1 Å². The number of hydrogen-bond acceptors (Lipinski definition) is 7. The van der Waals surface area contributed by atoms with Gasteiger partial charge in [0.2, 0.25) is 17.3 Å². The van der Waals surface area contributed by atoms with Crippen LogP contribution < -0.4 is 10.1 Å². The third-order valence-electron chi connectivity index (χ3n) is 4.62. The van der Waals surface area contributed by atoms with Gasteiger partial charge in [-0.15, -0.1) is 10.2 Å². The van der Waals surface area contributed by atoms with Crippen LogP contribution in [0.4, 0.5) is 10.1 Å². The van der Waals surface area contributed by atoms with Crippen LogP contribution in [0, 0.1) is 5.82 Å². The Balaban J connectivity index is 1.54. The summed E-state index contributed by atoms with van der Waals surface area (Å²) in [6.07, 6.45) is -0.613. The van der Waals surface area contributed by atoms with Crippen LogP contribution in [0.1, 0.15) is 18.9 Å². The number of hydrogen-bond donors (Lipinski definition) is 1. The number of anilines is 1. The number of nitrogens with one attached hydrogen (secondary N) is 1. The molecule has 4 aromatic rings. The van der Waals surface area contributed by atoms with E-state index < -0.39 is 6.23 Å². The van der Waals surface area contributed by atoms with Crippen LogP contribution in [-0.2, 0) is 0 Å². The Labute approximate surface area is 176 Å². The highest BCUT2D eigenvalue weighted by Crippen LogP contribution is 2.40. The number of thioether (sulfide) groups is 1. The maximum Gasteiger partial charge on any atom is 0.247 e. The summed E-state index contributed by atoms with van der Waals surface area (Å²) >= 11 is 1.50. The minimum atomic E-state index is -0.613. The largest absolute Gasteiger partial charge is 0.455 e. The van der Waals surface area contributed by atoms with Crippen LogP contribution in [0.2, 0.25) is 0 Å². The SMILES string of the molecule is CCSc1nnc2c(n1)O[C@H](c1ccc(-c3ccc(F)cc3)o1)Nc1ccccc1-2. The summed E-state index contributed by atoms with van der Waals surface area (Å²) in [5, 5.41) is 12.5. The molecule has 2 aromatic heterocycles. The molecule has 1 atom stereocenters. The van der Waals surface area contributed by atoms with E-state index in [2.05, 4.69) is 20.5 Å². The van der Waals surface area contributed by atoms with Gasteiger partial charge in [0.1, 0.15) is 11.6 Å². The number of nitrogens with zero attached hydrogens (tertiary/aromatic N) is 3. The molecule has 0 saturated carbocycles. The number of benzene rings is 2. The molecule has 0 spiro atoms. The highest BCUT2D eigenvalue weighted by atomic mass is 32.2. The molecule has 150 valence electrons. The lowest BCUT2D eigenvalue weighted by atomic mass is 10.1. The van der Waals surface area contributed by atoms with E-state index in [0.29, 0.717) is 28.3 Å². The van der Waals surface area contributed by atoms with E-state index in [4.69, 9.17) is 9.15 Å². The summed E-state index contributed by atoms with van der Waals surface area (Å²) in [7, 11) is 0. The van der Waals surface area contributed by atoms with Gasteiger partial charge < -0.3 is 14.5 Å². The van der Waals surface area contributed by atoms with Crippen molar-refractivity contribution in [3.8, 4) is 28.5 Å². The molecule has 0 fully saturated rings. The Hall–Kier alpha value is -3.39. The van der Waals surface area contributed by atoms with E-state index in [9.17, 15) is 4.39 Å². The fraction of sp³-hybridized carbons (Fsp3) is 0.136. The second-order valence-electron chi connectivity index (χ2n) is 6.58. The molecule has 0 aliphatic carbocycles. The van der Waals surface area contributed by atoms with Crippen molar-refractivity contribution >= 4 is 17.4 Å². The van der Waals surface area contributed by atoms with Crippen LogP contribution >= 0.6 is 11.8 Å². The highest BCUT2D eigenvalue weighted by molar-refractivity contribution is 7.99. The summed E-state index contributed by atoms with van der Waals surface area (Å²) in [6.45, 7) is 2.03. The molecule has 3 heterocycles. The Morgan fingerprint density at radius 2 is 1.87 bits per heavy atom. The lowest BCUT2D eigenvalue weighted by molar-refractivity contribution is 0.196. The maximum absolute atomic E-state index is 13.2. The van der Waals surface area contributed by atoms with Gasteiger partial charge in [-0.25, -0.2) is 4.39 Å². The van der Waals surface area contributed by atoms with Gasteiger partial charge in [0.05, 0.1) is 0 Å². The number of aromatic nitrogens is 3. The molecule has 0 unspecified atom stereocenters. The predicted octanol–water partition coefficient (Wildman–Crippen LogP) is 5.55. The normalized spacial score (nSPS) is 14.8. The molecule has 0 radical (unpaired) electrons. The second-order valence-corrected chi connectivity index (χ2v) is 7.81. The summed E-state index contributed by atoms with van der Waals surface area (Å²) in [6, 6.07) is 17.6. The van der Waals surface area contributed by atoms with E-state index in [1.54, 1.807) is 12.1 Å². The molecule has 0 amide bonds. The highest BCUT2D eigenvalue weighted by Gasteiger charge is 2.28. The second kappa shape index (κ2) is 7.79. The molecule has 6 nitrogen and oxygen atoms in total. The van der Waals surface area contributed by atoms with E-state index in [0.717, 1.165) is 22.6 Å². The first-order chi connectivity index (χ1) is 14.7. The van der Waals surface area contributed by atoms with E-state index in [1.807, 2.05) is 43.3 Å². The van der Waals surface area contributed by atoms with Gasteiger partial charge in [-0.3, -0.25) is 0 Å². The minimum absolute atomic E-state index is 0.291. The van der Waals surface area contributed by atoms with Gasteiger partial charge >= 0.3 is 0 Å². The third-order valence-corrected chi connectivity index (χ3v) is 5.34. The summed E-state index contributed by atoms with van der Waals surface area (Å²) in [5.41, 5.74) is 3.05. The van der Waals surface area contributed by atoms with Crippen molar-refractivity contribution in [3.05, 3.63) is 72.2 Å². The number of para-hydroxylation sites is 1. The molecule has 5 rings (SSSR count). The van der Waals surface area contributed by atoms with E-state index in [1.165, 1.54) is 23.9 Å². The molecule has 30 heavy (non-hydrogen) atoms. The van der Waals surface area contributed by atoms with Gasteiger partial charge in [-0.2, -0.15) is 4.98 Å². The standard InChI is InChI=1S/C22H17FN4O2S/c1-2-30-22-25-21-19(26-27-22)15-5-3-4-6-16(15)24-20(29-21)18-12-11-17(28-18)13-7-9-14(23)10-8-13/h3-12,20,24H,2H2,1H3/t20-/m1/s1. The zero-order chi connectivity index (χ0) is 20.5. The van der Waals surface area contributed by atoms with Gasteiger partial charge in [0.15, 0.2) is 11.5 Å². The summed E-state index contributed by atoms with van der Waals surface area (Å²) < 4.78 is 25.5. The van der Waals surface area contributed by atoms with Crippen LogP contribution in [-0.4, -0.2) is 20.9 Å². The molecule has 1 aliphatic rings. The third kappa shape index (κ3) is 3.50. The average Bonchev–Trinajstić information content (AvgIpc) is 3.19. The van der Waals surface area contributed by atoms with Gasteiger partial charge in [-0.1, -0.05) is 36.9 Å². The van der Waals surface area contributed by atoms with Crippen molar-refractivity contribution in [1.82, 2.24) is 15.2 Å². The smallest absolute Gasteiger partial charge is 0.247 e. The number of ether oxygens (including phenoxy) is 1. The van der Waals surface area contributed by atoms with Gasteiger partial charge in [0, 0.05) is 16.8 Å². The topological polar surface area (TPSA) is 73.1 Å². The Morgan fingerprint density at radius 1 is 1.03 bits per heavy atom. The van der Waals surface area contributed by atoms with E-state index >= 15 is 0 Å². The molecule has 1 aliphatic heterocycles. The lowest BCUT2D eigenvalue weighted by Crippen LogP contribution is -2.16. The minimum Gasteiger partial charge on any atom is -0.455 e. The Bertz CT molecular complexity index is 1200. The van der Waals surface area contributed by atoms with Gasteiger partial charge in [-0.05, 0) is 48.2 Å². The zero-order valence-corrected chi connectivity index (χ0v) is 16.8. The fourth-order valence-electron chi connectivity index (χ4n) is 3.23. The quantitative estimate of drug-likeness (QED) is 0.434. The monoisotopic (exact) mass is 420 g/mol. The molecule has 8 heteroatoms. The first kappa shape index (κ1) is 18.6. The molecule has 1 N–H and O–H groups in total. The lowest BCUT2D eigenvalue weighted by Gasteiger charge is -2.16. The number of rotatable bonds is 4. The maximum atomic E-state index is 13.2. The molecule has 2 aromatic carbocycles. The molecule has 0 saturated heterocycles. The van der Waals surface area contributed by atoms with Crippen molar-refractivity contribution in [2.24, 2.45) is 0 Å². The number of halogens is 1. The van der Waals surface area contributed by atoms with E-state index in [-0.39, 0.29) is 5.82 Å².